The van der Waals surface area contributed by atoms with Crippen LogP contribution in [0.25, 0.3) is 6.08 Å². The molecule has 0 aliphatic carbocycles. The zero-order valence-electron chi connectivity index (χ0n) is 8.96. The summed E-state index contributed by atoms with van der Waals surface area (Å²) in [5.74, 6) is 1.04. The van der Waals surface area contributed by atoms with Crippen molar-refractivity contribution in [1.82, 2.24) is 0 Å². The molecule has 0 aliphatic rings. The molecule has 0 bridgehead atoms. The van der Waals surface area contributed by atoms with Crippen LogP contribution in [0.5, 0.6) is 5.75 Å². The molecule has 0 saturated carbocycles. The van der Waals surface area contributed by atoms with Gasteiger partial charge in [-0.05, 0) is 30.4 Å². The standard InChI is InChI=1S/C13H18O/c1-4-12-8-7-11(9-13(12)14)6-5-10(2)3/h4,7-10,14H,1,5-6H2,2-3H3. The topological polar surface area (TPSA) is 20.2 Å². The third-order valence-corrected chi connectivity index (χ3v) is 2.33. The second-order valence-corrected chi connectivity index (χ2v) is 4.03. The normalized spacial score (nSPS) is 10.5. The van der Waals surface area contributed by atoms with E-state index in [1.165, 1.54) is 5.56 Å². The molecule has 14 heavy (non-hydrogen) atoms. The van der Waals surface area contributed by atoms with Crippen molar-refractivity contribution in [2.75, 3.05) is 0 Å². The van der Waals surface area contributed by atoms with E-state index in [1.54, 1.807) is 6.08 Å². The van der Waals surface area contributed by atoms with E-state index in [2.05, 4.69) is 26.5 Å². The van der Waals surface area contributed by atoms with Gasteiger partial charge in [-0.2, -0.15) is 0 Å². The van der Waals surface area contributed by atoms with E-state index in [0.29, 0.717) is 11.7 Å². The summed E-state index contributed by atoms with van der Waals surface area (Å²) >= 11 is 0. The van der Waals surface area contributed by atoms with Crippen LogP contribution in [-0.2, 0) is 6.42 Å². The molecule has 0 aromatic heterocycles. The van der Waals surface area contributed by atoms with E-state index in [4.69, 9.17) is 0 Å². The highest BCUT2D eigenvalue weighted by Gasteiger charge is 2.00. The number of phenolic OH excluding ortho intramolecular Hbond substituents is 1. The highest BCUT2D eigenvalue weighted by Crippen LogP contribution is 2.21. The van der Waals surface area contributed by atoms with Crippen molar-refractivity contribution in [1.29, 1.82) is 0 Å². The predicted octanol–water partition coefficient (Wildman–Crippen LogP) is 3.62. The average Bonchev–Trinajstić information content (AvgIpc) is 2.15. The highest BCUT2D eigenvalue weighted by molar-refractivity contribution is 5.55. The SMILES string of the molecule is C=Cc1ccc(CCC(C)C)cc1O. The molecule has 0 heterocycles. The summed E-state index contributed by atoms with van der Waals surface area (Å²) in [7, 11) is 0. The first-order chi connectivity index (χ1) is 6.63. The molecule has 0 saturated heterocycles. The molecule has 0 spiro atoms. The monoisotopic (exact) mass is 190 g/mol. The van der Waals surface area contributed by atoms with Crippen LogP contribution in [0, 0.1) is 5.92 Å². The Morgan fingerprint density at radius 2 is 2.14 bits per heavy atom. The first-order valence-electron chi connectivity index (χ1n) is 5.08. The Labute approximate surface area is 86.1 Å². The van der Waals surface area contributed by atoms with E-state index < -0.39 is 0 Å². The number of benzene rings is 1. The molecule has 0 atom stereocenters. The van der Waals surface area contributed by atoms with E-state index in [1.807, 2.05) is 12.1 Å². The number of aryl methyl sites for hydroxylation is 1. The van der Waals surface area contributed by atoms with Gasteiger partial charge in [-0.15, -0.1) is 0 Å². The molecule has 1 aromatic carbocycles. The first kappa shape index (κ1) is 10.8. The fourth-order valence-electron chi connectivity index (χ4n) is 1.37. The summed E-state index contributed by atoms with van der Waals surface area (Å²) in [6, 6.07) is 5.80. The Kier molecular flexibility index (Phi) is 3.75. The summed E-state index contributed by atoms with van der Waals surface area (Å²) in [5, 5.41) is 9.59. The van der Waals surface area contributed by atoms with Crippen molar-refractivity contribution < 1.29 is 5.11 Å². The molecular formula is C13H18O. The minimum Gasteiger partial charge on any atom is -0.507 e. The van der Waals surface area contributed by atoms with Crippen LogP contribution in [0.1, 0.15) is 31.4 Å². The fraction of sp³-hybridized carbons (Fsp3) is 0.385. The molecule has 76 valence electrons. The third kappa shape index (κ3) is 2.91. The second kappa shape index (κ2) is 4.85. The van der Waals surface area contributed by atoms with Gasteiger partial charge in [0.1, 0.15) is 5.75 Å². The van der Waals surface area contributed by atoms with Crippen LogP contribution < -0.4 is 0 Å². The molecule has 0 radical (unpaired) electrons. The minimum atomic E-state index is 0.334. The van der Waals surface area contributed by atoms with E-state index in [0.717, 1.165) is 18.4 Å². The molecule has 1 aromatic rings. The zero-order valence-corrected chi connectivity index (χ0v) is 8.96. The molecule has 1 rings (SSSR count). The van der Waals surface area contributed by atoms with Crippen molar-refractivity contribution in [3.8, 4) is 5.75 Å². The lowest BCUT2D eigenvalue weighted by atomic mass is 10.0. The zero-order chi connectivity index (χ0) is 10.6. The number of aromatic hydroxyl groups is 1. The van der Waals surface area contributed by atoms with Gasteiger partial charge in [-0.1, -0.05) is 38.6 Å². The van der Waals surface area contributed by atoms with Gasteiger partial charge >= 0.3 is 0 Å². The number of rotatable bonds is 4. The highest BCUT2D eigenvalue weighted by atomic mass is 16.3. The summed E-state index contributed by atoms with van der Waals surface area (Å²) in [5.41, 5.74) is 2.00. The summed E-state index contributed by atoms with van der Waals surface area (Å²) in [6.07, 6.45) is 3.86. The first-order valence-corrected chi connectivity index (χ1v) is 5.08. The lowest BCUT2D eigenvalue weighted by Gasteiger charge is -2.06. The Morgan fingerprint density at radius 1 is 1.43 bits per heavy atom. The summed E-state index contributed by atoms with van der Waals surface area (Å²) in [6.45, 7) is 8.05. The van der Waals surface area contributed by atoms with Crippen LogP contribution in [0.3, 0.4) is 0 Å². The molecule has 1 nitrogen and oxygen atoms in total. The Balaban J connectivity index is 2.71. The van der Waals surface area contributed by atoms with Crippen LogP contribution in [0.2, 0.25) is 0 Å². The van der Waals surface area contributed by atoms with Crippen LogP contribution in [-0.4, -0.2) is 5.11 Å². The fourth-order valence-corrected chi connectivity index (χ4v) is 1.37. The maximum atomic E-state index is 9.59. The van der Waals surface area contributed by atoms with Gasteiger partial charge in [0.2, 0.25) is 0 Å². The second-order valence-electron chi connectivity index (χ2n) is 4.03. The number of phenols is 1. The average molecular weight is 190 g/mol. The van der Waals surface area contributed by atoms with E-state index in [9.17, 15) is 5.11 Å². The molecule has 0 aliphatic heterocycles. The van der Waals surface area contributed by atoms with E-state index in [-0.39, 0.29) is 0 Å². The molecule has 0 amide bonds. The van der Waals surface area contributed by atoms with Crippen molar-refractivity contribution in [2.45, 2.75) is 26.7 Å². The Morgan fingerprint density at radius 3 is 2.64 bits per heavy atom. The predicted molar refractivity (Wildman–Crippen MR) is 61.4 cm³/mol. The van der Waals surface area contributed by atoms with Crippen LogP contribution >= 0.6 is 0 Å². The van der Waals surface area contributed by atoms with Gasteiger partial charge in [0.05, 0.1) is 0 Å². The summed E-state index contributed by atoms with van der Waals surface area (Å²) < 4.78 is 0. The maximum Gasteiger partial charge on any atom is 0.123 e. The quantitative estimate of drug-likeness (QED) is 0.768. The molecule has 1 N–H and O–H groups in total. The van der Waals surface area contributed by atoms with E-state index >= 15 is 0 Å². The Hall–Kier alpha value is -1.24. The van der Waals surface area contributed by atoms with Gasteiger partial charge in [0, 0.05) is 5.56 Å². The van der Waals surface area contributed by atoms with Crippen LogP contribution in [0.4, 0.5) is 0 Å². The third-order valence-electron chi connectivity index (χ3n) is 2.33. The largest absolute Gasteiger partial charge is 0.507 e. The van der Waals surface area contributed by atoms with Gasteiger partial charge in [0.15, 0.2) is 0 Å². The number of hydrogen-bond acceptors (Lipinski definition) is 1. The van der Waals surface area contributed by atoms with Gasteiger partial charge < -0.3 is 5.11 Å². The molecule has 0 unspecified atom stereocenters. The Bertz CT molecular complexity index is 313. The van der Waals surface area contributed by atoms with Crippen molar-refractivity contribution in [2.24, 2.45) is 5.92 Å². The van der Waals surface area contributed by atoms with Crippen molar-refractivity contribution in [3.63, 3.8) is 0 Å². The van der Waals surface area contributed by atoms with Gasteiger partial charge in [-0.25, -0.2) is 0 Å². The number of hydrogen-bond donors (Lipinski definition) is 1. The lowest BCUT2D eigenvalue weighted by Crippen LogP contribution is -1.92. The molecule has 0 fully saturated rings. The van der Waals surface area contributed by atoms with Gasteiger partial charge in [-0.3, -0.25) is 0 Å². The lowest BCUT2D eigenvalue weighted by molar-refractivity contribution is 0.472. The molecule has 1 heteroatoms. The maximum absolute atomic E-state index is 9.59. The van der Waals surface area contributed by atoms with Gasteiger partial charge in [0.25, 0.3) is 0 Å². The molecular weight excluding hydrogens is 172 g/mol. The smallest absolute Gasteiger partial charge is 0.123 e. The summed E-state index contributed by atoms with van der Waals surface area (Å²) in [4.78, 5) is 0. The van der Waals surface area contributed by atoms with Crippen molar-refractivity contribution >= 4 is 6.08 Å². The minimum absolute atomic E-state index is 0.334. The van der Waals surface area contributed by atoms with Crippen molar-refractivity contribution in [3.05, 3.63) is 35.9 Å². The van der Waals surface area contributed by atoms with Crippen LogP contribution in [0.15, 0.2) is 24.8 Å².